The van der Waals surface area contributed by atoms with Gasteiger partial charge in [0.15, 0.2) is 0 Å². The fourth-order valence-corrected chi connectivity index (χ4v) is 2.93. The molecular weight excluding hydrogens is 358 g/mol. The van der Waals surface area contributed by atoms with Gasteiger partial charge in [-0.3, -0.25) is 4.79 Å². The molecule has 1 heterocycles. The van der Waals surface area contributed by atoms with Crippen LogP contribution in [-0.2, 0) is 0 Å². The van der Waals surface area contributed by atoms with E-state index in [1.807, 2.05) is 30.3 Å². The minimum absolute atomic E-state index is 0.0685. The number of benzene rings is 2. The standard InChI is InChI=1S/C21H19N3O4/c1-28-15-7-8-16-17(9-15)19(13-5-3-2-4-6-13)18(10-22)24-20(16)21(27)23-11-14(26)12-25/h2-9,14,25-26H,11-12H2,1H3,(H,23,27). The van der Waals surface area contributed by atoms with Crippen LogP contribution in [0.3, 0.4) is 0 Å². The van der Waals surface area contributed by atoms with Crippen molar-refractivity contribution in [3.63, 3.8) is 0 Å². The largest absolute Gasteiger partial charge is 0.497 e. The van der Waals surface area contributed by atoms with Crippen LogP contribution in [0, 0.1) is 11.3 Å². The highest BCUT2D eigenvalue weighted by Gasteiger charge is 2.20. The Morgan fingerprint density at radius 1 is 1.25 bits per heavy atom. The molecule has 3 rings (SSSR count). The van der Waals surface area contributed by atoms with Gasteiger partial charge >= 0.3 is 0 Å². The number of carbonyl (C=O) groups is 1. The van der Waals surface area contributed by atoms with E-state index in [9.17, 15) is 15.2 Å². The van der Waals surface area contributed by atoms with Gasteiger partial charge in [0.05, 0.1) is 19.8 Å². The zero-order valence-corrected chi connectivity index (χ0v) is 15.2. The topological polar surface area (TPSA) is 115 Å². The van der Waals surface area contributed by atoms with Crippen molar-refractivity contribution in [2.45, 2.75) is 6.10 Å². The lowest BCUT2D eigenvalue weighted by atomic mass is 9.95. The number of pyridine rings is 1. The quantitative estimate of drug-likeness (QED) is 0.604. The van der Waals surface area contributed by atoms with Crippen molar-refractivity contribution in [1.82, 2.24) is 10.3 Å². The molecule has 0 aliphatic heterocycles. The molecule has 1 unspecified atom stereocenters. The molecule has 7 heteroatoms. The summed E-state index contributed by atoms with van der Waals surface area (Å²) in [6.45, 7) is -0.598. The molecule has 28 heavy (non-hydrogen) atoms. The normalized spacial score (nSPS) is 11.6. The molecule has 3 N–H and O–H groups in total. The summed E-state index contributed by atoms with van der Waals surface area (Å²) >= 11 is 0. The number of hydrogen-bond donors (Lipinski definition) is 3. The first-order valence-electron chi connectivity index (χ1n) is 8.63. The number of rotatable bonds is 6. The third kappa shape index (κ3) is 3.78. The summed E-state index contributed by atoms with van der Waals surface area (Å²) in [7, 11) is 1.54. The van der Waals surface area contributed by atoms with Crippen molar-refractivity contribution < 1.29 is 19.7 Å². The van der Waals surface area contributed by atoms with Crippen molar-refractivity contribution in [3.05, 3.63) is 59.9 Å². The second kappa shape index (κ2) is 8.48. The molecule has 1 amide bonds. The lowest BCUT2D eigenvalue weighted by molar-refractivity contribution is 0.0800. The number of methoxy groups -OCH3 is 1. The van der Waals surface area contributed by atoms with E-state index in [2.05, 4.69) is 16.4 Å². The van der Waals surface area contributed by atoms with Crippen molar-refractivity contribution in [3.8, 4) is 22.9 Å². The predicted octanol–water partition coefficient (Wildman–Crippen LogP) is 1.87. The monoisotopic (exact) mass is 377 g/mol. The molecule has 0 radical (unpaired) electrons. The second-order valence-electron chi connectivity index (χ2n) is 6.12. The predicted molar refractivity (Wildman–Crippen MR) is 104 cm³/mol. The molecule has 2 aromatic carbocycles. The fourth-order valence-electron chi connectivity index (χ4n) is 2.93. The van der Waals surface area contributed by atoms with E-state index in [1.165, 1.54) is 0 Å². The number of carbonyl (C=O) groups excluding carboxylic acids is 1. The highest BCUT2D eigenvalue weighted by Crippen LogP contribution is 2.34. The number of nitrogens with one attached hydrogen (secondary N) is 1. The average Bonchev–Trinajstić information content (AvgIpc) is 2.75. The SMILES string of the molecule is COc1ccc2c(C(=O)NCC(O)CO)nc(C#N)c(-c3ccccc3)c2c1. The third-order valence-electron chi connectivity index (χ3n) is 4.30. The summed E-state index contributed by atoms with van der Waals surface area (Å²) in [5.41, 5.74) is 1.59. The minimum atomic E-state index is -1.07. The number of nitrogens with zero attached hydrogens (tertiary/aromatic N) is 2. The minimum Gasteiger partial charge on any atom is -0.497 e. The Hall–Kier alpha value is -3.47. The Morgan fingerprint density at radius 3 is 2.64 bits per heavy atom. The maximum Gasteiger partial charge on any atom is 0.270 e. The lowest BCUT2D eigenvalue weighted by Crippen LogP contribution is -2.34. The van der Waals surface area contributed by atoms with Gasteiger partial charge in [0.1, 0.15) is 23.2 Å². The first kappa shape index (κ1) is 19.3. The average molecular weight is 377 g/mol. The molecule has 0 aliphatic carbocycles. The van der Waals surface area contributed by atoms with E-state index >= 15 is 0 Å². The van der Waals surface area contributed by atoms with Gasteiger partial charge in [0.25, 0.3) is 5.91 Å². The summed E-state index contributed by atoms with van der Waals surface area (Å²) in [4.78, 5) is 16.9. The van der Waals surface area contributed by atoms with Crippen LogP contribution in [0.4, 0.5) is 0 Å². The molecule has 1 atom stereocenters. The molecule has 0 fully saturated rings. The van der Waals surface area contributed by atoms with Crippen molar-refractivity contribution in [2.24, 2.45) is 0 Å². The van der Waals surface area contributed by atoms with Crippen LogP contribution < -0.4 is 10.1 Å². The summed E-state index contributed by atoms with van der Waals surface area (Å²) in [5.74, 6) is 0.0422. The van der Waals surface area contributed by atoms with Crippen molar-refractivity contribution in [1.29, 1.82) is 5.26 Å². The number of amides is 1. The highest BCUT2D eigenvalue weighted by molar-refractivity contribution is 6.10. The first-order valence-corrected chi connectivity index (χ1v) is 8.63. The van der Waals surface area contributed by atoms with Gasteiger partial charge < -0.3 is 20.3 Å². The van der Waals surface area contributed by atoms with E-state index in [0.29, 0.717) is 22.1 Å². The Morgan fingerprint density at radius 2 is 2.00 bits per heavy atom. The van der Waals surface area contributed by atoms with Crippen LogP contribution >= 0.6 is 0 Å². The molecule has 1 aromatic heterocycles. The van der Waals surface area contributed by atoms with Gasteiger partial charge in [-0.25, -0.2) is 4.98 Å². The Balaban J connectivity index is 2.22. The van der Waals surface area contributed by atoms with Crippen molar-refractivity contribution in [2.75, 3.05) is 20.3 Å². The van der Waals surface area contributed by atoms with E-state index in [4.69, 9.17) is 9.84 Å². The number of aromatic nitrogens is 1. The van der Waals surface area contributed by atoms with Crippen LogP contribution in [0.25, 0.3) is 21.9 Å². The maximum atomic E-state index is 12.6. The summed E-state index contributed by atoms with van der Waals surface area (Å²) in [5, 5.41) is 31.8. The van der Waals surface area contributed by atoms with Crippen LogP contribution in [0.1, 0.15) is 16.2 Å². The zero-order chi connectivity index (χ0) is 20.1. The molecular formula is C21H19N3O4. The Bertz CT molecular complexity index is 1040. The van der Waals surface area contributed by atoms with E-state index in [0.717, 1.165) is 5.56 Å². The van der Waals surface area contributed by atoms with Crippen LogP contribution in [0.15, 0.2) is 48.5 Å². The summed E-state index contributed by atoms with van der Waals surface area (Å²) < 4.78 is 5.32. The number of hydrogen-bond acceptors (Lipinski definition) is 6. The number of fused-ring (bicyclic) bond motifs is 1. The third-order valence-corrected chi connectivity index (χ3v) is 4.30. The van der Waals surface area contributed by atoms with Crippen LogP contribution in [-0.4, -0.2) is 47.5 Å². The van der Waals surface area contributed by atoms with Gasteiger partial charge in [-0.1, -0.05) is 30.3 Å². The summed E-state index contributed by atoms with van der Waals surface area (Å²) in [6, 6.07) is 16.6. The van der Waals surface area contributed by atoms with Crippen LogP contribution in [0.2, 0.25) is 0 Å². The molecule has 0 aliphatic rings. The molecule has 0 saturated heterocycles. The van der Waals surface area contributed by atoms with Crippen molar-refractivity contribution >= 4 is 16.7 Å². The number of aliphatic hydroxyl groups is 2. The van der Waals surface area contributed by atoms with Gasteiger partial charge in [-0.05, 0) is 29.1 Å². The van der Waals surface area contributed by atoms with Crippen LogP contribution in [0.5, 0.6) is 5.75 Å². The molecule has 0 spiro atoms. The molecule has 7 nitrogen and oxygen atoms in total. The molecule has 0 bridgehead atoms. The van der Waals surface area contributed by atoms with Gasteiger partial charge in [-0.2, -0.15) is 5.26 Å². The van der Waals surface area contributed by atoms with E-state index < -0.39 is 18.6 Å². The Kier molecular flexibility index (Phi) is 5.84. The smallest absolute Gasteiger partial charge is 0.270 e. The molecule has 0 saturated carbocycles. The first-order chi connectivity index (χ1) is 13.6. The summed E-state index contributed by atoms with van der Waals surface area (Å²) in [6.07, 6.45) is -1.07. The fraction of sp³-hybridized carbons (Fsp3) is 0.190. The Labute approximate surface area is 161 Å². The van der Waals surface area contributed by atoms with Gasteiger partial charge in [0.2, 0.25) is 0 Å². The lowest BCUT2D eigenvalue weighted by Gasteiger charge is -2.15. The number of ether oxygens (including phenoxy) is 1. The molecule has 3 aromatic rings. The molecule has 142 valence electrons. The van der Waals surface area contributed by atoms with Gasteiger partial charge in [0, 0.05) is 17.5 Å². The van der Waals surface area contributed by atoms with E-state index in [-0.39, 0.29) is 17.9 Å². The highest BCUT2D eigenvalue weighted by atomic mass is 16.5. The van der Waals surface area contributed by atoms with E-state index in [1.54, 1.807) is 25.3 Å². The zero-order valence-electron chi connectivity index (χ0n) is 15.2. The maximum absolute atomic E-state index is 12.6. The number of nitriles is 1. The number of aliphatic hydroxyl groups excluding tert-OH is 2. The second-order valence-corrected chi connectivity index (χ2v) is 6.12. The van der Waals surface area contributed by atoms with Gasteiger partial charge in [-0.15, -0.1) is 0 Å².